The number of anilines is 1. The van der Waals surface area contributed by atoms with Crippen molar-refractivity contribution < 1.29 is 0 Å². The Morgan fingerprint density at radius 2 is 1.39 bits per heavy atom. The maximum atomic E-state index is 9.02. The van der Waals surface area contributed by atoms with Crippen molar-refractivity contribution in [2.45, 2.75) is 6.54 Å². The first kappa shape index (κ1) is 21.1. The number of nitrogens with one attached hydrogen (secondary N) is 1. The molecule has 0 saturated carbocycles. The van der Waals surface area contributed by atoms with Crippen LogP contribution in [0.2, 0.25) is 5.02 Å². The van der Waals surface area contributed by atoms with E-state index in [1.54, 1.807) is 0 Å². The molecule has 0 unspecified atom stereocenters. The van der Waals surface area contributed by atoms with Crippen molar-refractivity contribution in [1.82, 2.24) is 9.13 Å². The fraction of sp³-hybridized carbons (Fsp3) is 0.107. The van der Waals surface area contributed by atoms with Crippen molar-refractivity contribution >= 4 is 28.3 Å². The molecule has 0 aliphatic heterocycles. The number of hydrogen-bond acceptors (Lipinski definition) is 2. The Bertz CT molecular complexity index is 1490. The molecule has 5 aromatic rings. The largest absolute Gasteiger partial charge is 0.377 e. The Balaban J connectivity index is 1.61. The Labute approximate surface area is 198 Å². The molecule has 4 aromatic carbocycles. The molecule has 0 spiro atoms. The zero-order valence-corrected chi connectivity index (χ0v) is 19.4. The fourth-order valence-corrected chi connectivity index (χ4v) is 4.54. The summed E-state index contributed by atoms with van der Waals surface area (Å²) in [4.78, 5) is 2.13. The lowest BCUT2D eigenvalue weighted by Crippen LogP contribution is -2.24. The van der Waals surface area contributed by atoms with Crippen molar-refractivity contribution in [2.75, 3.05) is 19.0 Å². The zero-order chi connectivity index (χ0) is 22.9. The molecule has 0 fully saturated rings. The van der Waals surface area contributed by atoms with E-state index < -0.39 is 0 Å². The van der Waals surface area contributed by atoms with Gasteiger partial charge in [0.15, 0.2) is 0 Å². The molecule has 0 saturated heterocycles. The van der Waals surface area contributed by atoms with Gasteiger partial charge in [-0.25, -0.2) is 0 Å². The summed E-state index contributed by atoms with van der Waals surface area (Å²) < 4.78 is 4.00. The van der Waals surface area contributed by atoms with Crippen LogP contribution in [-0.2, 0) is 6.54 Å². The van der Waals surface area contributed by atoms with E-state index >= 15 is 0 Å². The van der Waals surface area contributed by atoms with Gasteiger partial charge < -0.3 is 9.47 Å². The number of halogens is 1. The van der Waals surface area contributed by atoms with Crippen molar-refractivity contribution in [3.8, 4) is 16.8 Å². The number of benzene rings is 4. The lowest BCUT2D eigenvalue weighted by Gasteiger charge is -2.17. The highest BCUT2D eigenvalue weighted by molar-refractivity contribution is 6.31. The minimum atomic E-state index is 0.414. The monoisotopic (exact) mass is 452 g/mol. The molecule has 0 bridgehead atoms. The van der Waals surface area contributed by atoms with Crippen LogP contribution in [0, 0.1) is 5.41 Å². The topological polar surface area (TPSA) is 37.0 Å². The van der Waals surface area contributed by atoms with Crippen LogP contribution in [0.3, 0.4) is 0 Å². The van der Waals surface area contributed by atoms with Crippen LogP contribution in [0.4, 0.5) is 5.69 Å². The van der Waals surface area contributed by atoms with Gasteiger partial charge in [0.05, 0.1) is 17.6 Å². The minimum Gasteiger partial charge on any atom is -0.377 e. The van der Waals surface area contributed by atoms with Crippen LogP contribution in [-0.4, -0.2) is 23.2 Å². The van der Waals surface area contributed by atoms with E-state index in [-0.39, 0.29) is 0 Å². The van der Waals surface area contributed by atoms with E-state index in [1.807, 2.05) is 45.5 Å². The Kier molecular flexibility index (Phi) is 5.53. The smallest absolute Gasteiger partial charge is 0.208 e. The van der Waals surface area contributed by atoms with Crippen molar-refractivity contribution in [1.29, 1.82) is 5.41 Å². The first-order valence-electron chi connectivity index (χ1n) is 10.9. The molecule has 1 N–H and O–H groups in total. The molecule has 5 rings (SSSR count). The molecular weight excluding hydrogens is 428 g/mol. The predicted molar refractivity (Wildman–Crippen MR) is 137 cm³/mol. The first-order chi connectivity index (χ1) is 16.0. The number of imidazole rings is 1. The molecule has 0 aliphatic rings. The second-order valence-electron chi connectivity index (χ2n) is 8.28. The fourth-order valence-electron chi connectivity index (χ4n) is 4.35. The van der Waals surface area contributed by atoms with Gasteiger partial charge in [-0.15, -0.1) is 0 Å². The number of para-hydroxylation sites is 3. The molecule has 5 heteroatoms. The lowest BCUT2D eigenvalue weighted by atomic mass is 10.0. The van der Waals surface area contributed by atoms with Gasteiger partial charge in [0.1, 0.15) is 0 Å². The Hall–Kier alpha value is -3.76. The molecular formula is C28H25ClN4. The van der Waals surface area contributed by atoms with Crippen molar-refractivity contribution in [3.05, 3.63) is 113 Å². The molecule has 0 aliphatic carbocycles. The number of nitrogens with zero attached hydrogens (tertiary/aromatic N) is 3. The Morgan fingerprint density at radius 3 is 2.12 bits per heavy atom. The maximum absolute atomic E-state index is 9.02. The summed E-state index contributed by atoms with van der Waals surface area (Å²) in [5.41, 5.74) is 7.88. The van der Waals surface area contributed by atoms with Crippen LogP contribution in [0.15, 0.2) is 97.1 Å². The number of hydrogen-bond donors (Lipinski definition) is 1. The summed E-state index contributed by atoms with van der Waals surface area (Å²) >= 11 is 6.43. The van der Waals surface area contributed by atoms with Crippen molar-refractivity contribution in [2.24, 2.45) is 0 Å². The molecule has 1 aromatic heterocycles. The second kappa shape index (κ2) is 8.64. The second-order valence-corrected chi connectivity index (χ2v) is 8.69. The highest BCUT2D eigenvalue weighted by Crippen LogP contribution is 2.30. The lowest BCUT2D eigenvalue weighted by molar-refractivity contribution is 0.724. The normalized spacial score (nSPS) is 11.1. The summed E-state index contributed by atoms with van der Waals surface area (Å²) in [7, 11) is 4.12. The molecule has 164 valence electrons. The molecule has 1 heterocycles. The van der Waals surface area contributed by atoms with Crippen LogP contribution < -0.4 is 10.5 Å². The van der Waals surface area contributed by atoms with Crippen LogP contribution >= 0.6 is 11.6 Å². The standard InChI is InChI=1S/C28H25ClN4/c1-31(2)25-12-6-4-10-23(25)20-15-17-22(18-16-20)33-27-14-8-7-13-26(27)32(28(33)30)19-21-9-3-5-11-24(21)29/h3-18,30H,19H2,1-2H3. The summed E-state index contributed by atoms with van der Waals surface area (Å²) in [5.74, 6) is 0. The molecule has 33 heavy (non-hydrogen) atoms. The van der Waals surface area contributed by atoms with E-state index in [2.05, 4.69) is 79.7 Å². The zero-order valence-electron chi connectivity index (χ0n) is 18.7. The highest BCUT2D eigenvalue weighted by Gasteiger charge is 2.14. The van der Waals surface area contributed by atoms with Crippen LogP contribution in [0.1, 0.15) is 5.56 Å². The van der Waals surface area contributed by atoms with E-state index in [0.717, 1.165) is 27.8 Å². The summed E-state index contributed by atoms with van der Waals surface area (Å²) in [6.45, 7) is 0.542. The third-order valence-corrected chi connectivity index (χ3v) is 6.36. The van der Waals surface area contributed by atoms with E-state index in [1.165, 1.54) is 11.3 Å². The van der Waals surface area contributed by atoms with E-state index in [0.29, 0.717) is 17.2 Å². The average molecular weight is 453 g/mol. The van der Waals surface area contributed by atoms with Gasteiger partial charge in [-0.05, 0) is 47.5 Å². The maximum Gasteiger partial charge on any atom is 0.208 e. The van der Waals surface area contributed by atoms with Gasteiger partial charge >= 0.3 is 0 Å². The SMILES string of the molecule is CN(C)c1ccccc1-c1ccc(-n2c(=N)n(Cc3ccccc3Cl)c3ccccc32)cc1. The predicted octanol–water partition coefficient (Wildman–Crippen LogP) is 6.35. The Morgan fingerprint density at radius 1 is 0.758 bits per heavy atom. The van der Waals surface area contributed by atoms with Gasteiger partial charge in [0.2, 0.25) is 5.62 Å². The van der Waals surface area contributed by atoms with E-state index in [9.17, 15) is 0 Å². The van der Waals surface area contributed by atoms with Crippen molar-refractivity contribution in [3.63, 3.8) is 0 Å². The number of fused-ring (bicyclic) bond motifs is 1. The van der Waals surface area contributed by atoms with E-state index in [4.69, 9.17) is 17.0 Å². The van der Waals surface area contributed by atoms with Gasteiger partial charge in [-0.3, -0.25) is 9.98 Å². The third-order valence-electron chi connectivity index (χ3n) is 5.99. The summed E-state index contributed by atoms with van der Waals surface area (Å²) in [6, 6.07) is 32.8. The van der Waals surface area contributed by atoms with Crippen LogP contribution in [0.5, 0.6) is 0 Å². The van der Waals surface area contributed by atoms with Gasteiger partial charge in [0.25, 0.3) is 0 Å². The molecule has 0 atom stereocenters. The number of aromatic nitrogens is 2. The van der Waals surface area contributed by atoms with Crippen LogP contribution in [0.25, 0.3) is 27.8 Å². The molecule has 0 amide bonds. The van der Waals surface area contributed by atoms with Gasteiger partial charge in [0, 0.05) is 36.1 Å². The van der Waals surface area contributed by atoms with Gasteiger partial charge in [-0.2, -0.15) is 0 Å². The minimum absolute atomic E-state index is 0.414. The summed E-state index contributed by atoms with van der Waals surface area (Å²) in [5, 5.41) is 9.73. The average Bonchev–Trinajstić information content (AvgIpc) is 3.12. The molecule has 4 nitrogen and oxygen atoms in total. The third kappa shape index (κ3) is 3.83. The number of rotatable bonds is 5. The summed E-state index contributed by atoms with van der Waals surface area (Å²) in [6.07, 6.45) is 0. The highest BCUT2D eigenvalue weighted by atomic mass is 35.5. The first-order valence-corrected chi connectivity index (χ1v) is 11.3. The molecule has 0 radical (unpaired) electrons. The quantitative estimate of drug-likeness (QED) is 0.331. The van der Waals surface area contributed by atoms with Gasteiger partial charge in [-0.1, -0.05) is 72.3 Å².